The number of hydrogen-bond acceptors (Lipinski definition) is 4. The zero-order valence-electron chi connectivity index (χ0n) is 13.6. The zero-order valence-corrected chi connectivity index (χ0v) is 13.6. The van der Waals surface area contributed by atoms with Crippen LogP contribution in [0.15, 0.2) is 24.3 Å². The summed E-state index contributed by atoms with van der Waals surface area (Å²) in [5.41, 5.74) is 7.88. The van der Waals surface area contributed by atoms with E-state index in [4.69, 9.17) is 10.5 Å². The second-order valence-electron chi connectivity index (χ2n) is 6.57. The molecule has 0 spiro atoms. The molecule has 3 aliphatic heterocycles. The summed E-state index contributed by atoms with van der Waals surface area (Å²) in [4.78, 5) is 30.0. The molecule has 0 saturated carbocycles. The van der Waals surface area contributed by atoms with Crippen LogP contribution in [0.5, 0.6) is 0 Å². The third kappa shape index (κ3) is 2.53. The number of fused-ring (bicyclic) bond motifs is 1. The molecule has 0 aliphatic carbocycles. The Labute approximate surface area is 140 Å². The number of urea groups is 1. The van der Waals surface area contributed by atoms with E-state index in [1.807, 2.05) is 29.2 Å². The van der Waals surface area contributed by atoms with Gasteiger partial charge < -0.3 is 20.3 Å². The van der Waals surface area contributed by atoms with Gasteiger partial charge in [-0.2, -0.15) is 0 Å². The highest BCUT2D eigenvalue weighted by atomic mass is 16.5. The van der Waals surface area contributed by atoms with Crippen LogP contribution in [0.1, 0.15) is 12.8 Å². The van der Waals surface area contributed by atoms with Crippen molar-refractivity contribution >= 4 is 23.3 Å². The van der Waals surface area contributed by atoms with Gasteiger partial charge in [-0.25, -0.2) is 4.79 Å². The molecule has 0 bridgehead atoms. The van der Waals surface area contributed by atoms with E-state index in [2.05, 4.69) is 0 Å². The first-order valence-electron chi connectivity index (χ1n) is 8.47. The van der Waals surface area contributed by atoms with Crippen molar-refractivity contribution in [2.24, 2.45) is 5.73 Å². The molecule has 7 heteroatoms. The molecular weight excluding hydrogens is 308 g/mol. The Kier molecular flexibility index (Phi) is 3.90. The molecule has 2 atom stereocenters. The van der Waals surface area contributed by atoms with E-state index >= 15 is 0 Å². The number of anilines is 2. The van der Waals surface area contributed by atoms with Crippen molar-refractivity contribution in [3.8, 4) is 0 Å². The monoisotopic (exact) mass is 330 g/mol. The first kappa shape index (κ1) is 15.4. The Morgan fingerprint density at radius 3 is 2.42 bits per heavy atom. The van der Waals surface area contributed by atoms with Crippen molar-refractivity contribution in [3.05, 3.63) is 24.3 Å². The topological polar surface area (TPSA) is 79.1 Å². The Hall–Kier alpha value is -2.12. The zero-order chi connectivity index (χ0) is 16.7. The smallest absolute Gasteiger partial charge is 0.324 e. The number of ether oxygens (including phenoxy) is 1. The third-order valence-corrected chi connectivity index (χ3v) is 5.14. The minimum Gasteiger partial charge on any atom is -0.370 e. The number of nitrogens with two attached hydrogens (primary N) is 1. The molecule has 24 heavy (non-hydrogen) atoms. The predicted octanol–water partition coefficient (Wildman–Crippen LogP) is 0.781. The standard InChI is InChI=1S/C17H22N4O3/c18-14-2-1-7-20-15(14)10-21(17(20)23)13-5-3-12(4-6-13)19-8-9-24-11-16(19)22/h3-6,14-15H,1-2,7-11,18H2/t14-,15-/m1/s1. The van der Waals surface area contributed by atoms with Crippen molar-refractivity contribution in [1.29, 1.82) is 0 Å². The van der Waals surface area contributed by atoms with Gasteiger partial charge in [0.05, 0.1) is 12.6 Å². The number of hydrogen-bond donors (Lipinski definition) is 1. The molecule has 3 fully saturated rings. The van der Waals surface area contributed by atoms with Gasteiger partial charge in [0, 0.05) is 37.1 Å². The summed E-state index contributed by atoms with van der Waals surface area (Å²) in [6, 6.07) is 7.78. The summed E-state index contributed by atoms with van der Waals surface area (Å²) < 4.78 is 5.16. The van der Waals surface area contributed by atoms with E-state index in [0.29, 0.717) is 19.7 Å². The van der Waals surface area contributed by atoms with Crippen LogP contribution in [0.25, 0.3) is 0 Å². The Balaban J connectivity index is 1.53. The summed E-state index contributed by atoms with van der Waals surface area (Å²) in [5, 5.41) is 0. The number of amides is 3. The summed E-state index contributed by atoms with van der Waals surface area (Å²) in [6.45, 7) is 2.66. The van der Waals surface area contributed by atoms with Crippen LogP contribution < -0.4 is 15.5 Å². The highest BCUT2D eigenvalue weighted by Crippen LogP contribution is 2.30. The van der Waals surface area contributed by atoms with Crippen LogP contribution in [0.3, 0.4) is 0 Å². The quantitative estimate of drug-likeness (QED) is 0.869. The van der Waals surface area contributed by atoms with Crippen LogP contribution in [-0.4, -0.2) is 61.8 Å². The SMILES string of the molecule is N[C@@H]1CCCN2C(=O)N(c3ccc(N4CCOCC4=O)cc3)C[C@H]12. The predicted molar refractivity (Wildman–Crippen MR) is 90.1 cm³/mol. The molecule has 0 unspecified atom stereocenters. The molecular formula is C17H22N4O3. The van der Waals surface area contributed by atoms with Crippen LogP contribution >= 0.6 is 0 Å². The molecule has 3 aliphatic rings. The maximum absolute atomic E-state index is 12.6. The number of nitrogens with zero attached hydrogens (tertiary/aromatic N) is 3. The van der Waals surface area contributed by atoms with Crippen LogP contribution in [0, 0.1) is 0 Å². The third-order valence-electron chi connectivity index (χ3n) is 5.14. The molecule has 3 saturated heterocycles. The summed E-state index contributed by atoms with van der Waals surface area (Å²) >= 11 is 0. The average molecular weight is 330 g/mol. The molecule has 2 N–H and O–H groups in total. The number of piperidine rings is 1. The van der Waals surface area contributed by atoms with Gasteiger partial charge in [-0.15, -0.1) is 0 Å². The first-order valence-corrected chi connectivity index (χ1v) is 8.47. The molecule has 1 aromatic carbocycles. The molecule has 3 amide bonds. The number of rotatable bonds is 2. The maximum Gasteiger partial charge on any atom is 0.324 e. The van der Waals surface area contributed by atoms with Crippen molar-refractivity contribution in [3.63, 3.8) is 0 Å². The molecule has 0 aromatic heterocycles. The van der Waals surface area contributed by atoms with E-state index in [9.17, 15) is 9.59 Å². The molecule has 3 heterocycles. The number of carbonyl (C=O) groups excluding carboxylic acids is 2. The van der Waals surface area contributed by atoms with E-state index in [1.165, 1.54) is 0 Å². The van der Waals surface area contributed by atoms with Crippen LogP contribution in [0.4, 0.5) is 16.2 Å². The molecule has 1 aromatic rings. The van der Waals surface area contributed by atoms with E-state index < -0.39 is 0 Å². The second kappa shape index (κ2) is 6.07. The maximum atomic E-state index is 12.6. The van der Waals surface area contributed by atoms with Gasteiger partial charge in [-0.3, -0.25) is 9.69 Å². The fraction of sp³-hybridized carbons (Fsp3) is 0.529. The number of morpholine rings is 1. The Morgan fingerprint density at radius 2 is 1.75 bits per heavy atom. The van der Waals surface area contributed by atoms with Crippen molar-refractivity contribution in [2.75, 3.05) is 42.6 Å². The van der Waals surface area contributed by atoms with Gasteiger partial charge in [0.1, 0.15) is 6.61 Å². The molecule has 0 radical (unpaired) electrons. The lowest BCUT2D eigenvalue weighted by Gasteiger charge is -2.32. The van der Waals surface area contributed by atoms with Gasteiger partial charge in [0.25, 0.3) is 5.91 Å². The number of carbonyl (C=O) groups is 2. The van der Waals surface area contributed by atoms with Crippen LogP contribution in [0.2, 0.25) is 0 Å². The van der Waals surface area contributed by atoms with E-state index in [-0.39, 0.29) is 30.6 Å². The van der Waals surface area contributed by atoms with Crippen molar-refractivity contribution < 1.29 is 14.3 Å². The van der Waals surface area contributed by atoms with Gasteiger partial charge in [-0.05, 0) is 37.1 Å². The molecule has 7 nitrogen and oxygen atoms in total. The van der Waals surface area contributed by atoms with E-state index in [0.717, 1.165) is 30.8 Å². The fourth-order valence-corrected chi connectivity index (χ4v) is 3.80. The van der Waals surface area contributed by atoms with E-state index in [1.54, 1.807) is 9.80 Å². The van der Waals surface area contributed by atoms with Gasteiger partial charge in [0.15, 0.2) is 0 Å². The average Bonchev–Trinajstić information content (AvgIpc) is 2.94. The minimum absolute atomic E-state index is 0.0327. The lowest BCUT2D eigenvalue weighted by molar-refractivity contribution is -0.125. The first-order chi connectivity index (χ1) is 11.6. The second-order valence-corrected chi connectivity index (χ2v) is 6.57. The van der Waals surface area contributed by atoms with Crippen molar-refractivity contribution in [2.45, 2.75) is 24.9 Å². The Morgan fingerprint density at radius 1 is 1.04 bits per heavy atom. The molecule has 128 valence electrons. The normalized spacial score (nSPS) is 27.6. The number of benzene rings is 1. The summed E-state index contributed by atoms with van der Waals surface area (Å²) in [6.07, 6.45) is 1.94. The van der Waals surface area contributed by atoms with Crippen LogP contribution in [-0.2, 0) is 9.53 Å². The van der Waals surface area contributed by atoms with Gasteiger partial charge in [0.2, 0.25) is 0 Å². The van der Waals surface area contributed by atoms with Gasteiger partial charge >= 0.3 is 6.03 Å². The largest absolute Gasteiger partial charge is 0.370 e. The summed E-state index contributed by atoms with van der Waals surface area (Å²) in [7, 11) is 0. The lowest BCUT2D eigenvalue weighted by Crippen LogP contribution is -2.50. The minimum atomic E-state index is -0.0330. The fourth-order valence-electron chi connectivity index (χ4n) is 3.80. The molecule has 4 rings (SSSR count). The van der Waals surface area contributed by atoms with Gasteiger partial charge in [-0.1, -0.05) is 0 Å². The highest BCUT2D eigenvalue weighted by Gasteiger charge is 2.42. The Bertz CT molecular complexity index is 648. The lowest BCUT2D eigenvalue weighted by atomic mass is 9.99. The van der Waals surface area contributed by atoms with Crippen molar-refractivity contribution in [1.82, 2.24) is 4.90 Å². The highest BCUT2D eigenvalue weighted by molar-refractivity contribution is 5.97. The summed E-state index contributed by atoms with van der Waals surface area (Å²) in [5.74, 6) is -0.0330.